The Labute approximate surface area is 129 Å². The molecular weight excluding hydrogens is 336 g/mol. The summed E-state index contributed by atoms with van der Waals surface area (Å²) in [5.74, 6) is -1.30. The largest absolute Gasteiger partial charge is 0.481 e. The number of aliphatic carboxylic acids is 1. The van der Waals surface area contributed by atoms with E-state index in [2.05, 4.69) is 26.2 Å². The topological polar surface area (TPSA) is 82.2 Å². The number of H-pyrrole nitrogens is 1. The van der Waals surface area contributed by atoms with E-state index in [0.29, 0.717) is 25.0 Å². The number of carbonyl (C=O) groups is 2. The van der Waals surface area contributed by atoms with E-state index >= 15 is 0 Å². The van der Waals surface area contributed by atoms with E-state index in [9.17, 15) is 9.59 Å². The molecule has 1 aliphatic carbocycles. The van der Waals surface area contributed by atoms with Crippen LogP contribution in [0, 0.1) is 5.92 Å². The molecule has 110 valence electrons. The summed E-state index contributed by atoms with van der Waals surface area (Å²) >= 11 is 3.39. The zero-order valence-electron chi connectivity index (χ0n) is 11.2. The number of rotatable bonds is 3. The fourth-order valence-electron chi connectivity index (χ4n) is 2.82. The fraction of sp³-hybridized carbons (Fsp3) is 0.333. The molecule has 3 N–H and O–H groups in total. The summed E-state index contributed by atoms with van der Waals surface area (Å²) in [6.45, 7) is 0. The van der Waals surface area contributed by atoms with Crippen LogP contribution < -0.4 is 5.32 Å². The van der Waals surface area contributed by atoms with Gasteiger partial charge in [-0.05, 0) is 37.5 Å². The number of hydrogen-bond acceptors (Lipinski definition) is 2. The van der Waals surface area contributed by atoms with E-state index in [1.165, 1.54) is 0 Å². The quantitative estimate of drug-likeness (QED) is 0.795. The van der Waals surface area contributed by atoms with Gasteiger partial charge < -0.3 is 15.4 Å². The van der Waals surface area contributed by atoms with E-state index in [-0.39, 0.29) is 17.9 Å². The van der Waals surface area contributed by atoms with E-state index in [0.717, 1.165) is 15.4 Å². The number of aromatic amines is 1. The highest BCUT2D eigenvalue weighted by atomic mass is 79.9. The van der Waals surface area contributed by atoms with Gasteiger partial charge in [0.1, 0.15) is 5.69 Å². The molecule has 1 amide bonds. The Balaban J connectivity index is 1.71. The van der Waals surface area contributed by atoms with Crippen LogP contribution in [-0.4, -0.2) is 28.0 Å². The Kier molecular flexibility index (Phi) is 3.71. The van der Waals surface area contributed by atoms with E-state index in [1.54, 1.807) is 6.07 Å². The van der Waals surface area contributed by atoms with Gasteiger partial charge in [-0.2, -0.15) is 0 Å². The van der Waals surface area contributed by atoms with Gasteiger partial charge in [0.25, 0.3) is 5.91 Å². The van der Waals surface area contributed by atoms with E-state index in [1.807, 2.05) is 18.2 Å². The van der Waals surface area contributed by atoms with Crippen LogP contribution in [0.15, 0.2) is 28.7 Å². The highest BCUT2D eigenvalue weighted by Crippen LogP contribution is 2.26. The van der Waals surface area contributed by atoms with Gasteiger partial charge in [0.2, 0.25) is 0 Å². The van der Waals surface area contributed by atoms with Gasteiger partial charge in [-0.25, -0.2) is 0 Å². The first kappa shape index (κ1) is 14.1. The number of fused-ring (bicyclic) bond motifs is 1. The van der Waals surface area contributed by atoms with Crippen molar-refractivity contribution >= 4 is 38.7 Å². The molecular formula is C15H15BrN2O3. The summed E-state index contributed by atoms with van der Waals surface area (Å²) in [6, 6.07) is 7.52. The monoisotopic (exact) mass is 350 g/mol. The van der Waals surface area contributed by atoms with E-state index in [4.69, 9.17) is 5.11 Å². The smallest absolute Gasteiger partial charge is 0.306 e. The average Bonchev–Trinajstić information content (AvgIpc) is 3.04. The molecule has 6 heteroatoms. The van der Waals surface area contributed by atoms with Crippen molar-refractivity contribution in [3.05, 3.63) is 34.4 Å². The standard InChI is InChI=1S/C15H15BrN2O3/c16-10-3-1-8-6-13(18-12(8)7-10)14(19)17-11-4-2-9(5-11)15(20)21/h1,3,6-7,9,11,18H,2,4-5H2,(H,17,19)(H,20,21)/t9-,11+/m0/s1. The number of aromatic nitrogens is 1. The molecule has 0 bridgehead atoms. The minimum absolute atomic E-state index is 0.0586. The molecule has 2 atom stereocenters. The number of carbonyl (C=O) groups excluding carboxylic acids is 1. The van der Waals surface area contributed by atoms with Gasteiger partial charge >= 0.3 is 5.97 Å². The third-order valence-corrected chi connectivity index (χ3v) is 4.44. The van der Waals surface area contributed by atoms with Gasteiger partial charge in [0.05, 0.1) is 5.92 Å². The molecule has 1 heterocycles. The van der Waals surface area contributed by atoms with Gasteiger partial charge in [-0.3, -0.25) is 9.59 Å². The number of benzene rings is 1. The second-order valence-electron chi connectivity index (χ2n) is 5.43. The predicted molar refractivity (Wildman–Crippen MR) is 82.2 cm³/mol. The van der Waals surface area contributed by atoms with Crippen molar-refractivity contribution in [2.75, 3.05) is 0 Å². The Morgan fingerprint density at radius 3 is 2.81 bits per heavy atom. The maximum absolute atomic E-state index is 12.2. The molecule has 1 saturated carbocycles. The molecule has 1 aliphatic rings. The third kappa shape index (κ3) is 2.95. The van der Waals surface area contributed by atoms with Gasteiger partial charge in [-0.1, -0.05) is 22.0 Å². The minimum Gasteiger partial charge on any atom is -0.481 e. The van der Waals surface area contributed by atoms with E-state index < -0.39 is 5.97 Å². The lowest BCUT2D eigenvalue weighted by Crippen LogP contribution is -2.33. The van der Waals surface area contributed by atoms with Crippen molar-refractivity contribution in [1.29, 1.82) is 0 Å². The molecule has 0 aliphatic heterocycles. The normalized spacial score (nSPS) is 21.6. The van der Waals surface area contributed by atoms with Crippen LogP contribution in [0.3, 0.4) is 0 Å². The van der Waals surface area contributed by atoms with Crippen molar-refractivity contribution in [1.82, 2.24) is 10.3 Å². The lowest BCUT2D eigenvalue weighted by atomic mass is 10.1. The molecule has 2 aromatic rings. The van der Waals surface area contributed by atoms with Crippen LogP contribution in [0.2, 0.25) is 0 Å². The van der Waals surface area contributed by atoms with Crippen molar-refractivity contribution in [2.45, 2.75) is 25.3 Å². The summed E-state index contributed by atoms with van der Waals surface area (Å²) in [5, 5.41) is 12.9. The second kappa shape index (κ2) is 5.52. The van der Waals surface area contributed by atoms with Gasteiger partial charge in [0, 0.05) is 21.4 Å². The van der Waals surface area contributed by atoms with Crippen LogP contribution in [0.1, 0.15) is 29.8 Å². The number of carboxylic acids is 1. The van der Waals surface area contributed by atoms with Crippen LogP contribution in [0.25, 0.3) is 10.9 Å². The predicted octanol–water partition coefficient (Wildman–Crippen LogP) is 2.91. The zero-order valence-corrected chi connectivity index (χ0v) is 12.8. The van der Waals surface area contributed by atoms with Gasteiger partial charge in [-0.15, -0.1) is 0 Å². The number of nitrogens with one attached hydrogen (secondary N) is 2. The SMILES string of the molecule is O=C(N[C@@H]1CC[C@H](C(=O)O)C1)c1cc2ccc(Br)cc2[nH]1. The number of amides is 1. The number of halogens is 1. The summed E-state index contributed by atoms with van der Waals surface area (Å²) in [7, 11) is 0. The molecule has 1 fully saturated rings. The summed E-state index contributed by atoms with van der Waals surface area (Å²) < 4.78 is 0.948. The van der Waals surface area contributed by atoms with Crippen LogP contribution in [-0.2, 0) is 4.79 Å². The summed E-state index contributed by atoms with van der Waals surface area (Å²) in [5.41, 5.74) is 1.39. The maximum Gasteiger partial charge on any atom is 0.306 e. The molecule has 21 heavy (non-hydrogen) atoms. The zero-order chi connectivity index (χ0) is 15.0. The number of hydrogen-bond donors (Lipinski definition) is 3. The van der Waals surface area contributed by atoms with Crippen LogP contribution in [0.4, 0.5) is 0 Å². The van der Waals surface area contributed by atoms with Gasteiger partial charge in [0.15, 0.2) is 0 Å². The lowest BCUT2D eigenvalue weighted by molar-refractivity contribution is -0.141. The minimum atomic E-state index is -0.776. The highest BCUT2D eigenvalue weighted by molar-refractivity contribution is 9.10. The Hall–Kier alpha value is -1.82. The van der Waals surface area contributed by atoms with Crippen LogP contribution >= 0.6 is 15.9 Å². The highest BCUT2D eigenvalue weighted by Gasteiger charge is 2.30. The maximum atomic E-state index is 12.2. The first-order valence-electron chi connectivity index (χ1n) is 6.85. The van der Waals surface area contributed by atoms with Crippen molar-refractivity contribution in [3.8, 4) is 0 Å². The molecule has 1 aromatic carbocycles. The Morgan fingerprint density at radius 2 is 2.10 bits per heavy atom. The lowest BCUT2D eigenvalue weighted by Gasteiger charge is -2.11. The van der Waals surface area contributed by atoms with Crippen molar-refractivity contribution in [3.63, 3.8) is 0 Å². The Bertz CT molecular complexity index is 710. The van der Waals surface area contributed by atoms with Crippen molar-refractivity contribution in [2.24, 2.45) is 5.92 Å². The summed E-state index contributed by atoms with van der Waals surface area (Å²) in [4.78, 5) is 26.2. The molecule has 3 rings (SSSR count). The van der Waals surface area contributed by atoms with Crippen LogP contribution in [0.5, 0.6) is 0 Å². The first-order chi connectivity index (χ1) is 10.0. The summed E-state index contributed by atoms with van der Waals surface area (Å²) in [6.07, 6.45) is 1.85. The molecule has 0 spiro atoms. The molecule has 0 unspecified atom stereocenters. The molecule has 0 radical (unpaired) electrons. The van der Waals surface area contributed by atoms with Crippen molar-refractivity contribution < 1.29 is 14.7 Å². The molecule has 1 aromatic heterocycles. The molecule has 0 saturated heterocycles. The average molecular weight is 351 g/mol. The molecule has 5 nitrogen and oxygen atoms in total. The second-order valence-corrected chi connectivity index (χ2v) is 6.35. The third-order valence-electron chi connectivity index (χ3n) is 3.95. The number of carboxylic acid groups (broad SMARTS) is 1. The Morgan fingerprint density at radius 1 is 1.29 bits per heavy atom. The first-order valence-corrected chi connectivity index (χ1v) is 7.64. The fourth-order valence-corrected chi connectivity index (χ4v) is 3.18.